The Morgan fingerprint density at radius 2 is 2.11 bits per heavy atom. The van der Waals surface area contributed by atoms with Crippen molar-refractivity contribution in [3.63, 3.8) is 0 Å². The van der Waals surface area contributed by atoms with E-state index in [9.17, 15) is 13.6 Å². The molecule has 1 heterocycles. The molecular weight excluding hydrogens is 242 g/mol. The Hall–Kier alpha value is -2.50. The van der Waals surface area contributed by atoms with E-state index in [4.69, 9.17) is 4.42 Å². The topological polar surface area (TPSA) is 54.6 Å². The van der Waals surface area contributed by atoms with E-state index >= 15 is 0 Å². The number of hydrazone groups is 1. The van der Waals surface area contributed by atoms with Crippen LogP contribution in [-0.2, 0) is 0 Å². The average Bonchev–Trinajstić information content (AvgIpc) is 2.88. The number of nitrogens with zero attached hydrogens (tertiary/aromatic N) is 1. The highest BCUT2D eigenvalue weighted by Gasteiger charge is 2.07. The van der Waals surface area contributed by atoms with Crippen LogP contribution < -0.4 is 5.43 Å². The maximum atomic E-state index is 13.2. The van der Waals surface area contributed by atoms with E-state index in [0.29, 0.717) is 0 Å². The standard InChI is InChI=1S/C12H8F2N2O2/c13-9-4-1-3-8(11(9)14)7-15-16-12(17)10-5-2-6-18-10/h1-7H,(H,16,17)/b15-7+. The van der Waals surface area contributed by atoms with E-state index in [1.54, 1.807) is 6.07 Å². The molecule has 0 unspecified atom stereocenters. The molecule has 18 heavy (non-hydrogen) atoms. The number of amides is 1. The Balaban J connectivity index is 2.04. The molecule has 2 rings (SSSR count). The fraction of sp³-hybridized carbons (Fsp3) is 0. The van der Waals surface area contributed by atoms with Crippen molar-refractivity contribution in [2.75, 3.05) is 0 Å². The molecule has 4 nitrogen and oxygen atoms in total. The van der Waals surface area contributed by atoms with Crippen LogP contribution in [-0.4, -0.2) is 12.1 Å². The number of carbonyl (C=O) groups excluding carboxylic acids is 1. The Morgan fingerprint density at radius 3 is 2.83 bits per heavy atom. The van der Waals surface area contributed by atoms with Gasteiger partial charge in [0, 0.05) is 5.56 Å². The SMILES string of the molecule is O=C(N/N=C/c1cccc(F)c1F)c1ccco1. The maximum absolute atomic E-state index is 13.2. The first-order valence-electron chi connectivity index (χ1n) is 4.99. The average molecular weight is 250 g/mol. The summed E-state index contributed by atoms with van der Waals surface area (Å²) < 4.78 is 30.9. The van der Waals surface area contributed by atoms with E-state index in [-0.39, 0.29) is 11.3 Å². The minimum absolute atomic E-state index is 0.0604. The van der Waals surface area contributed by atoms with E-state index in [0.717, 1.165) is 12.3 Å². The van der Waals surface area contributed by atoms with Gasteiger partial charge in [-0.1, -0.05) is 12.1 Å². The predicted molar refractivity (Wildman–Crippen MR) is 60.1 cm³/mol. The maximum Gasteiger partial charge on any atom is 0.307 e. The van der Waals surface area contributed by atoms with Gasteiger partial charge >= 0.3 is 5.91 Å². The Kier molecular flexibility index (Phi) is 3.47. The molecule has 0 spiro atoms. The smallest absolute Gasteiger partial charge is 0.307 e. The zero-order chi connectivity index (χ0) is 13.0. The summed E-state index contributed by atoms with van der Waals surface area (Å²) in [5.74, 6) is -2.50. The highest BCUT2D eigenvalue weighted by Crippen LogP contribution is 2.08. The molecule has 0 aliphatic carbocycles. The molecule has 6 heteroatoms. The zero-order valence-corrected chi connectivity index (χ0v) is 9.06. The van der Waals surface area contributed by atoms with E-state index in [2.05, 4.69) is 10.5 Å². The van der Waals surface area contributed by atoms with Gasteiger partial charge in [0.25, 0.3) is 0 Å². The lowest BCUT2D eigenvalue weighted by atomic mass is 10.2. The van der Waals surface area contributed by atoms with Crippen molar-refractivity contribution in [1.29, 1.82) is 0 Å². The first-order chi connectivity index (χ1) is 8.68. The van der Waals surface area contributed by atoms with Crippen LogP contribution in [0.5, 0.6) is 0 Å². The van der Waals surface area contributed by atoms with Crippen LogP contribution in [0.25, 0.3) is 0 Å². The van der Waals surface area contributed by atoms with E-state index < -0.39 is 17.5 Å². The number of nitrogens with one attached hydrogen (secondary N) is 1. The van der Waals surface area contributed by atoms with Crippen molar-refractivity contribution in [3.05, 3.63) is 59.6 Å². The number of halogens is 2. The van der Waals surface area contributed by atoms with Gasteiger partial charge in [0.15, 0.2) is 17.4 Å². The number of rotatable bonds is 3. The first kappa shape index (κ1) is 12.0. The summed E-state index contributed by atoms with van der Waals surface area (Å²) in [5, 5.41) is 3.51. The van der Waals surface area contributed by atoms with Gasteiger partial charge in [0.05, 0.1) is 12.5 Å². The van der Waals surface area contributed by atoms with Crippen LogP contribution in [0.1, 0.15) is 16.1 Å². The number of carbonyl (C=O) groups is 1. The van der Waals surface area contributed by atoms with E-state index in [1.807, 2.05) is 0 Å². The van der Waals surface area contributed by atoms with Crippen LogP contribution >= 0.6 is 0 Å². The molecular formula is C12H8F2N2O2. The molecule has 1 N–H and O–H groups in total. The molecule has 1 amide bonds. The fourth-order valence-electron chi connectivity index (χ4n) is 1.24. The monoisotopic (exact) mass is 250 g/mol. The first-order valence-corrected chi connectivity index (χ1v) is 4.99. The van der Waals surface area contributed by atoms with Gasteiger partial charge in [-0.15, -0.1) is 0 Å². The molecule has 0 aliphatic heterocycles. The van der Waals surface area contributed by atoms with Crippen LogP contribution in [0.4, 0.5) is 8.78 Å². The second-order valence-electron chi connectivity index (χ2n) is 3.32. The van der Waals surface area contributed by atoms with Crippen LogP contribution in [0.3, 0.4) is 0 Å². The summed E-state index contributed by atoms with van der Waals surface area (Å²) in [6, 6.07) is 6.67. The fourth-order valence-corrected chi connectivity index (χ4v) is 1.24. The van der Waals surface area contributed by atoms with Crippen molar-refractivity contribution >= 4 is 12.1 Å². The minimum atomic E-state index is -1.02. The van der Waals surface area contributed by atoms with Crippen LogP contribution in [0.2, 0.25) is 0 Å². The Bertz CT molecular complexity index is 580. The summed E-state index contributed by atoms with van der Waals surface area (Å²) in [7, 11) is 0. The molecule has 0 atom stereocenters. The second-order valence-corrected chi connectivity index (χ2v) is 3.32. The third kappa shape index (κ3) is 2.60. The highest BCUT2D eigenvalue weighted by molar-refractivity contribution is 5.92. The summed E-state index contributed by atoms with van der Waals surface area (Å²) >= 11 is 0. The summed E-state index contributed by atoms with van der Waals surface area (Å²) in [6.07, 6.45) is 2.35. The minimum Gasteiger partial charge on any atom is -0.459 e. The molecule has 92 valence electrons. The third-order valence-electron chi connectivity index (χ3n) is 2.10. The van der Waals surface area contributed by atoms with Gasteiger partial charge in [0.2, 0.25) is 0 Å². The Morgan fingerprint density at radius 1 is 1.28 bits per heavy atom. The molecule has 0 bridgehead atoms. The van der Waals surface area contributed by atoms with Gasteiger partial charge in [0.1, 0.15) is 0 Å². The number of hydrogen-bond donors (Lipinski definition) is 1. The van der Waals surface area contributed by atoms with Crippen molar-refractivity contribution in [1.82, 2.24) is 5.43 Å². The lowest BCUT2D eigenvalue weighted by Gasteiger charge is -1.97. The van der Waals surface area contributed by atoms with Crippen molar-refractivity contribution in [3.8, 4) is 0 Å². The van der Waals surface area contributed by atoms with Crippen molar-refractivity contribution in [2.45, 2.75) is 0 Å². The Labute approximate surface area is 101 Å². The molecule has 1 aromatic heterocycles. The summed E-state index contributed by atoms with van der Waals surface area (Å²) in [5.41, 5.74) is 2.07. The normalized spacial score (nSPS) is 10.8. The number of furan rings is 1. The molecule has 0 fully saturated rings. The zero-order valence-electron chi connectivity index (χ0n) is 9.06. The van der Waals surface area contributed by atoms with Gasteiger partial charge < -0.3 is 4.42 Å². The number of hydrogen-bond acceptors (Lipinski definition) is 3. The molecule has 0 saturated heterocycles. The molecule has 0 saturated carbocycles. The predicted octanol–water partition coefficient (Wildman–Crippen LogP) is 2.32. The second kappa shape index (κ2) is 5.22. The molecule has 0 aliphatic rings. The lowest BCUT2D eigenvalue weighted by molar-refractivity contribution is 0.0927. The largest absolute Gasteiger partial charge is 0.459 e. The molecule has 2 aromatic rings. The molecule has 0 radical (unpaired) electrons. The third-order valence-corrected chi connectivity index (χ3v) is 2.10. The van der Waals surface area contributed by atoms with Gasteiger partial charge in [-0.25, -0.2) is 14.2 Å². The van der Waals surface area contributed by atoms with E-state index in [1.165, 1.54) is 24.5 Å². The van der Waals surface area contributed by atoms with Crippen LogP contribution in [0, 0.1) is 11.6 Å². The number of benzene rings is 1. The quantitative estimate of drug-likeness (QED) is 0.671. The highest BCUT2D eigenvalue weighted by atomic mass is 19.2. The van der Waals surface area contributed by atoms with Crippen molar-refractivity contribution in [2.24, 2.45) is 5.10 Å². The van der Waals surface area contributed by atoms with Crippen molar-refractivity contribution < 1.29 is 18.0 Å². The molecule has 1 aromatic carbocycles. The van der Waals surface area contributed by atoms with Gasteiger partial charge in [-0.05, 0) is 18.2 Å². The van der Waals surface area contributed by atoms with Crippen LogP contribution in [0.15, 0.2) is 46.1 Å². The lowest BCUT2D eigenvalue weighted by Crippen LogP contribution is -2.16. The summed E-state index contributed by atoms with van der Waals surface area (Å²) in [4.78, 5) is 11.4. The summed E-state index contributed by atoms with van der Waals surface area (Å²) in [6.45, 7) is 0. The van der Waals surface area contributed by atoms with Gasteiger partial charge in [-0.2, -0.15) is 5.10 Å². The van der Waals surface area contributed by atoms with Gasteiger partial charge in [-0.3, -0.25) is 4.79 Å².